The Hall–Kier alpha value is -2.35. The first-order valence-electron chi connectivity index (χ1n) is 8.64. The van der Waals surface area contributed by atoms with Crippen molar-refractivity contribution in [3.8, 4) is 6.07 Å². The number of hydrogen-bond donors (Lipinski definition) is 1. The first-order chi connectivity index (χ1) is 13.7. The molecule has 3 rings (SSSR count). The first kappa shape index (κ1) is 20.4. The van der Waals surface area contributed by atoms with Gasteiger partial charge in [-0.1, -0.05) is 29.2 Å². The second-order valence-electron chi connectivity index (χ2n) is 5.72. The van der Waals surface area contributed by atoms with Crippen LogP contribution in [-0.4, -0.2) is 39.8 Å². The van der Waals surface area contributed by atoms with Gasteiger partial charge in [-0.2, -0.15) is 5.26 Å². The SMILES string of the molecule is N#CCCN(Cc1ccco1)C(=O)CSc1nnc(NCCc2cccs2)s1. The number of rotatable bonds is 11. The minimum atomic E-state index is -0.0564. The van der Waals surface area contributed by atoms with Crippen molar-refractivity contribution < 1.29 is 9.21 Å². The van der Waals surface area contributed by atoms with Gasteiger partial charge in [0.05, 0.1) is 31.1 Å². The third-order valence-corrected chi connectivity index (χ3v) is 6.66. The number of thiophene rings is 1. The van der Waals surface area contributed by atoms with E-state index >= 15 is 0 Å². The van der Waals surface area contributed by atoms with Crippen molar-refractivity contribution in [1.82, 2.24) is 15.1 Å². The molecule has 0 aliphatic rings. The van der Waals surface area contributed by atoms with E-state index in [4.69, 9.17) is 9.68 Å². The summed E-state index contributed by atoms with van der Waals surface area (Å²) in [6.07, 6.45) is 2.80. The van der Waals surface area contributed by atoms with Crippen molar-refractivity contribution in [3.63, 3.8) is 0 Å². The van der Waals surface area contributed by atoms with Crippen LogP contribution in [0.15, 0.2) is 44.7 Å². The molecule has 0 unspecified atom stereocenters. The van der Waals surface area contributed by atoms with Gasteiger partial charge in [0, 0.05) is 18.0 Å². The first-order valence-corrected chi connectivity index (χ1v) is 11.3. The molecule has 7 nitrogen and oxygen atoms in total. The molecule has 1 N–H and O–H groups in total. The summed E-state index contributed by atoms with van der Waals surface area (Å²) in [4.78, 5) is 15.5. The van der Waals surface area contributed by atoms with Crippen LogP contribution in [0, 0.1) is 11.3 Å². The number of nitriles is 1. The maximum Gasteiger partial charge on any atom is 0.233 e. The van der Waals surface area contributed by atoms with Gasteiger partial charge in [-0.25, -0.2) is 0 Å². The molecule has 3 aromatic heterocycles. The molecule has 0 atom stereocenters. The van der Waals surface area contributed by atoms with E-state index in [0.717, 1.165) is 22.4 Å². The number of aromatic nitrogens is 2. The van der Waals surface area contributed by atoms with Gasteiger partial charge in [0.2, 0.25) is 11.0 Å². The number of anilines is 1. The summed E-state index contributed by atoms with van der Waals surface area (Å²) in [7, 11) is 0. The fraction of sp³-hybridized carbons (Fsp3) is 0.333. The highest BCUT2D eigenvalue weighted by molar-refractivity contribution is 8.01. The molecule has 0 radical (unpaired) electrons. The lowest BCUT2D eigenvalue weighted by atomic mass is 10.3. The normalized spacial score (nSPS) is 10.5. The van der Waals surface area contributed by atoms with E-state index < -0.39 is 0 Å². The van der Waals surface area contributed by atoms with E-state index in [0.29, 0.717) is 18.8 Å². The summed E-state index contributed by atoms with van der Waals surface area (Å²) in [5, 5.41) is 23.2. The van der Waals surface area contributed by atoms with Crippen LogP contribution in [0.4, 0.5) is 5.13 Å². The molecule has 10 heteroatoms. The largest absolute Gasteiger partial charge is 0.467 e. The molecule has 0 bridgehead atoms. The van der Waals surface area contributed by atoms with E-state index in [2.05, 4.69) is 33.0 Å². The third-order valence-electron chi connectivity index (χ3n) is 3.73. The maximum absolute atomic E-state index is 12.6. The van der Waals surface area contributed by atoms with Crippen molar-refractivity contribution in [2.45, 2.75) is 23.7 Å². The number of thioether (sulfide) groups is 1. The minimum absolute atomic E-state index is 0.0564. The van der Waals surface area contributed by atoms with Crippen LogP contribution < -0.4 is 5.32 Å². The number of carbonyl (C=O) groups is 1. The molecule has 0 aliphatic heterocycles. The average Bonchev–Trinajstić information content (AvgIpc) is 3.46. The van der Waals surface area contributed by atoms with Gasteiger partial charge >= 0.3 is 0 Å². The summed E-state index contributed by atoms with van der Waals surface area (Å²) in [5.74, 6) is 0.888. The van der Waals surface area contributed by atoms with Gasteiger partial charge in [-0.3, -0.25) is 4.79 Å². The Labute approximate surface area is 175 Å². The molecule has 0 aliphatic carbocycles. The standard InChI is InChI=1S/C18H19N5O2S3/c19-7-3-9-23(12-14-4-1-10-25-14)16(24)13-27-18-22-21-17(28-18)20-8-6-15-5-2-11-26-15/h1-2,4-5,10-11H,3,6,8-9,12-13H2,(H,20,21). The Morgan fingerprint density at radius 3 is 3.04 bits per heavy atom. The zero-order valence-corrected chi connectivity index (χ0v) is 17.5. The monoisotopic (exact) mass is 433 g/mol. The molecule has 146 valence electrons. The predicted octanol–water partition coefficient (Wildman–Crippen LogP) is 3.88. The molecule has 0 spiro atoms. The zero-order valence-electron chi connectivity index (χ0n) is 15.0. The molecular formula is C18H19N5O2S3. The highest BCUT2D eigenvalue weighted by Gasteiger charge is 2.16. The Morgan fingerprint density at radius 2 is 2.29 bits per heavy atom. The van der Waals surface area contributed by atoms with E-state index in [9.17, 15) is 4.79 Å². The van der Waals surface area contributed by atoms with E-state index in [1.54, 1.807) is 28.6 Å². The maximum atomic E-state index is 12.6. The van der Waals surface area contributed by atoms with Crippen LogP contribution in [0.3, 0.4) is 0 Å². The van der Waals surface area contributed by atoms with E-state index in [1.165, 1.54) is 28.0 Å². The molecule has 0 saturated heterocycles. The smallest absolute Gasteiger partial charge is 0.233 e. The predicted molar refractivity (Wildman–Crippen MR) is 112 cm³/mol. The quantitative estimate of drug-likeness (QED) is 0.458. The topological polar surface area (TPSA) is 95.0 Å². The van der Waals surface area contributed by atoms with Crippen molar-refractivity contribution in [3.05, 3.63) is 46.5 Å². The van der Waals surface area contributed by atoms with Gasteiger partial charge in [0.1, 0.15) is 5.76 Å². The van der Waals surface area contributed by atoms with Gasteiger partial charge in [0.15, 0.2) is 4.34 Å². The summed E-state index contributed by atoms with van der Waals surface area (Å²) >= 11 is 4.53. The van der Waals surface area contributed by atoms with Gasteiger partial charge in [0.25, 0.3) is 0 Å². The van der Waals surface area contributed by atoms with Gasteiger partial charge in [-0.05, 0) is 30.0 Å². The summed E-state index contributed by atoms with van der Waals surface area (Å²) in [5.41, 5.74) is 0. The summed E-state index contributed by atoms with van der Waals surface area (Å²) in [6.45, 7) is 1.53. The Morgan fingerprint density at radius 1 is 1.36 bits per heavy atom. The number of carbonyl (C=O) groups excluding carboxylic acids is 1. The van der Waals surface area contributed by atoms with Crippen molar-refractivity contribution in [1.29, 1.82) is 5.26 Å². The summed E-state index contributed by atoms with van der Waals surface area (Å²) in [6, 6.07) is 9.84. The lowest BCUT2D eigenvalue weighted by Gasteiger charge is -2.19. The fourth-order valence-corrected chi connectivity index (χ4v) is 4.76. The van der Waals surface area contributed by atoms with Crippen LogP contribution in [0.2, 0.25) is 0 Å². The summed E-state index contributed by atoms with van der Waals surface area (Å²) < 4.78 is 6.05. The zero-order chi connectivity index (χ0) is 19.6. The van der Waals surface area contributed by atoms with Crippen LogP contribution >= 0.6 is 34.4 Å². The Balaban J connectivity index is 1.45. The van der Waals surface area contributed by atoms with Crippen LogP contribution in [0.25, 0.3) is 0 Å². The number of hydrogen-bond acceptors (Lipinski definition) is 9. The molecule has 0 aromatic carbocycles. The molecule has 0 fully saturated rings. The Bertz CT molecular complexity index is 887. The lowest BCUT2D eigenvalue weighted by molar-refractivity contribution is -0.129. The number of nitrogens with zero attached hydrogens (tertiary/aromatic N) is 4. The van der Waals surface area contributed by atoms with E-state index in [1.807, 2.05) is 12.1 Å². The minimum Gasteiger partial charge on any atom is -0.467 e. The number of furan rings is 1. The van der Waals surface area contributed by atoms with Crippen LogP contribution in [0.5, 0.6) is 0 Å². The van der Waals surface area contributed by atoms with Gasteiger partial charge in [-0.15, -0.1) is 21.5 Å². The Kier molecular flexibility index (Phi) is 7.90. The van der Waals surface area contributed by atoms with Crippen molar-refractivity contribution in [2.24, 2.45) is 0 Å². The molecular weight excluding hydrogens is 414 g/mol. The van der Waals surface area contributed by atoms with Crippen LogP contribution in [-0.2, 0) is 17.8 Å². The van der Waals surface area contributed by atoms with E-state index in [-0.39, 0.29) is 18.1 Å². The van der Waals surface area contributed by atoms with Crippen molar-refractivity contribution in [2.75, 3.05) is 24.2 Å². The molecule has 0 saturated carbocycles. The number of nitrogens with one attached hydrogen (secondary N) is 1. The molecule has 1 amide bonds. The fourth-order valence-electron chi connectivity index (χ4n) is 2.37. The lowest BCUT2D eigenvalue weighted by Crippen LogP contribution is -2.32. The highest BCUT2D eigenvalue weighted by Crippen LogP contribution is 2.26. The number of amides is 1. The second-order valence-corrected chi connectivity index (χ2v) is 8.95. The second kappa shape index (κ2) is 10.8. The average molecular weight is 434 g/mol. The highest BCUT2D eigenvalue weighted by atomic mass is 32.2. The van der Waals surface area contributed by atoms with Crippen molar-refractivity contribution >= 4 is 45.5 Å². The van der Waals surface area contributed by atoms with Gasteiger partial charge < -0.3 is 14.6 Å². The van der Waals surface area contributed by atoms with Crippen LogP contribution in [0.1, 0.15) is 17.1 Å². The third kappa shape index (κ3) is 6.37. The molecule has 3 aromatic rings. The molecule has 3 heterocycles. The molecule has 28 heavy (non-hydrogen) atoms.